The maximum atomic E-state index is 5.06. The van der Waals surface area contributed by atoms with E-state index in [0.717, 1.165) is 19.0 Å². The average Bonchev–Trinajstić information content (AvgIpc) is 2.32. The molecule has 1 heterocycles. The Morgan fingerprint density at radius 1 is 1.17 bits per heavy atom. The lowest BCUT2D eigenvalue weighted by molar-refractivity contribution is 0.302. The summed E-state index contributed by atoms with van der Waals surface area (Å²) in [7, 11) is 1.56. The number of nitrogens with one attached hydrogen (secondary N) is 2. The fourth-order valence-corrected chi connectivity index (χ4v) is 1.93. The summed E-state index contributed by atoms with van der Waals surface area (Å²) in [4.78, 5) is 12.6. The van der Waals surface area contributed by atoms with Crippen LogP contribution < -0.4 is 15.4 Å². The van der Waals surface area contributed by atoms with E-state index in [4.69, 9.17) is 4.74 Å². The van der Waals surface area contributed by atoms with Crippen molar-refractivity contribution < 1.29 is 4.74 Å². The van der Waals surface area contributed by atoms with Gasteiger partial charge in [0.2, 0.25) is 11.9 Å². The summed E-state index contributed by atoms with van der Waals surface area (Å²) in [5.74, 6) is 2.02. The molecule has 6 nitrogen and oxygen atoms in total. The molecule has 0 aromatic carbocycles. The number of anilines is 2. The molecule has 6 heteroatoms. The van der Waals surface area contributed by atoms with Crippen molar-refractivity contribution in [3.63, 3.8) is 0 Å². The van der Waals surface area contributed by atoms with E-state index >= 15 is 0 Å². The molecule has 1 aliphatic rings. The van der Waals surface area contributed by atoms with Crippen LogP contribution in [0.25, 0.3) is 0 Å². The third kappa shape index (κ3) is 3.45. The van der Waals surface area contributed by atoms with E-state index in [1.165, 1.54) is 25.7 Å². The highest BCUT2D eigenvalue weighted by atomic mass is 16.5. The van der Waals surface area contributed by atoms with Crippen LogP contribution in [0.2, 0.25) is 0 Å². The van der Waals surface area contributed by atoms with Gasteiger partial charge in [0.25, 0.3) is 0 Å². The van der Waals surface area contributed by atoms with Gasteiger partial charge in [0.1, 0.15) is 0 Å². The van der Waals surface area contributed by atoms with Gasteiger partial charge in [-0.1, -0.05) is 19.3 Å². The fraction of sp³-hybridized carbons (Fsp3) is 0.750. The monoisotopic (exact) mass is 251 g/mol. The van der Waals surface area contributed by atoms with Crippen molar-refractivity contribution in [2.75, 3.05) is 30.8 Å². The summed E-state index contributed by atoms with van der Waals surface area (Å²) < 4.78 is 5.06. The molecule has 2 N–H and O–H groups in total. The van der Waals surface area contributed by atoms with E-state index in [0.29, 0.717) is 17.9 Å². The van der Waals surface area contributed by atoms with Crippen LogP contribution in [0.3, 0.4) is 0 Å². The van der Waals surface area contributed by atoms with Crippen molar-refractivity contribution in [1.29, 1.82) is 0 Å². The number of methoxy groups -OCH3 is 1. The Kier molecular flexibility index (Phi) is 4.55. The van der Waals surface area contributed by atoms with Crippen molar-refractivity contribution in [3.8, 4) is 6.01 Å². The van der Waals surface area contributed by atoms with Crippen molar-refractivity contribution >= 4 is 11.9 Å². The second-order valence-electron chi connectivity index (χ2n) is 4.51. The SMILES string of the molecule is CCNc1nc(NCCC2CCC2)nc(OC)n1. The van der Waals surface area contributed by atoms with Crippen LogP contribution >= 0.6 is 0 Å². The standard InChI is InChI=1S/C12H21N5O/c1-3-13-10-15-11(17-12(16-10)18-2)14-8-7-9-5-4-6-9/h9H,3-8H2,1-2H3,(H2,13,14,15,16,17). The zero-order valence-corrected chi connectivity index (χ0v) is 11.1. The van der Waals surface area contributed by atoms with E-state index < -0.39 is 0 Å². The predicted molar refractivity (Wildman–Crippen MR) is 71.0 cm³/mol. The molecule has 100 valence electrons. The summed E-state index contributed by atoms with van der Waals surface area (Å²) >= 11 is 0. The third-order valence-electron chi connectivity index (χ3n) is 3.19. The van der Waals surface area contributed by atoms with Crippen LogP contribution in [0.1, 0.15) is 32.6 Å². The summed E-state index contributed by atoms with van der Waals surface area (Å²) in [5, 5.41) is 6.30. The first-order valence-electron chi connectivity index (χ1n) is 6.59. The van der Waals surface area contributed by atoms with E-state index in [9.17, 15) is 0 Å². The van der Waals surface area contributed by atoms with Crippen LogP contribution in [0.15, 0.2) is 0 Å². The number of nitrogens with zero attached hydrogens (tertiary/aromatic N) is 3. The predicted octanol–water partition coefficient (Wildman–Crippen LogP) is 1.91. The second-order valence-corrected chi connectivity index (χ2v) is 4.51. The van der Waals surface area contributed by atoms with E-state index in [-0.39, 0.29) is 0 Å². The molecule has 1 fully saturated rings. The molecule has 1 aliphatic carbocycles. The zero-order chi connectivity index (χ0) is 12.8. The molecule has 1 aromatic heterocycles. The van der Waals surface area contributed by atoms with E-state index in [1.807, 2.05) is 6.92 Å². The normalized spacial score (nSPS) is 15.0. The van der Waals surface area contributed by atoms with Gasteiger partial charge in [0.15, 0.2) is 0 Å². The summed E-state index contributed by atoms with van der Waals surface area (Å²) in [6, 6.07) is 0.340. The highest BCUT2D eigenvalue weighted by Crippen LogP contribution is 2.29. The Bertz CT molecular complexity index is 381. The highest BCUT2D eigenvalue weighted by Gasteiger charge is 2.16. The fourth-order valence-electron chi connectivity index (χ4n) is 1.93. The van der Waals surface area contributed by atoms with Crippen LogP contribution in [0.5, 0.6) is 6.01 Å². The van der Waals surface area contributed by atoms with Crippen LogP contribution in [0, 0.1) is 5.92 Å². The molecule has 18 heavy (non-hydrogen) atoms. The Labute approximate surface area is 108 Å². The second kappa shape index (κ2) is 6.37. The Morgan fingerprint density at radius 2 is 1.89 bits per heavy atom. The smallest absolute Gasteiger partial charge is 0.322 e. The molecule has 2 rings (SSSR count). The molecular formula is C12H21N5O. The maximum Gasteiger partial charge on any atom is 0.322 e. The summed E-state index contributed by atoms with van der Waals surface area (Å²) in [6.07, 6.45) is 5.30. The maximum absolute atomic E-state index is 5.06. The Morgan fingerprint density at radius 3 is 2.44 bits per heavy atom. The Hall–Kier alpha value is -1.59. The Balaban J connectivity index is 1.90. The zero-order valence-electron chi connectivity index (χ0n) is 11.1. The lowest BCUT2D eigenvalue weighted by Gasteiger charge is -2.25. The molecule has 1 aromatic rings. The van der Waals surface area contributed by atoms with Crippen molar-refractivity contribution in [1.82, 2.24) is 15.0 Å². The average molecular weight is 251 g/mol. The number of hydrogen-bond acceptors (Lipinski definition) is 6. The first-order chi connectivity index (χ1) is 8.81. The van der Waals surface area contributed by atoms with Gasteiger partial charge in [-0.15, -0.1) is 0 Å². The topological polar surface area (TPSA) is 72.0 Å². The van der Waals surface area contributed by atoms with Gasteiger partial charge in [-0.3, -0.25) is 0 Å². The number of aromatic nitrogens is 3. The molecule has 0 saturated heterocycles. The molecule has 0 atom stereocenters. The third-order valence-corrected chi connectivity index (χ3v) is 3.19. The van der Waals surface area contributed by atoms with Crippen LogP contribution in [0.4, 0.5) is 11.9 Å². The molecule has 0 radical (unpaired) electrons. The molecule has 0 spiro atoms. The van der Waals surface area contributed by atoms with Crippen molar-refractivity contribution in [2.24, 2.45) is 5.92 Å². The van der Waals surface area contributed by atoms with Gasteiger partial charge in [-0.25, -0.2) is 0 Å². The largest absolute Gasteiger partial charge is 0.467 e. The molecule has 0 bridgehead atoms. The van der Waals surface area contributed by atoms with Crippen LogP contribution in [-0.4, -0.2) is 35.2 Å². The summed E-state index contributed by atoms with van der Waals surface area (Å²) in [6.45, 7) is 3.68. The number of ether oxygens (including phenoxy) is 1. The van der Waals surface area contributed by atoms with Gasteiger partial charge in [0.05, 0.1) is 7.11 Å². The molecule has 0 unspecified atom stereocenters. The number of rotatable bonds is 7. The van der Waals surface area contributed by atoms with Gasteiger partial charge in [-0.2, -0.15) is 15.0 Å². The first kappa shape index (κ1) is 12.9. The van der Waals surface area contributed by atoms with Crippen molar-refractivity contribution in [2.45, 2.75) is 32.6 Å². The van der Waals surface area contributed by atoms with Gasteiger partial charge < -0.3 is 15.4 Å². The lowest BCUT2D eigenvalue weighted by Crippen LogP contribution is -2.17. The lowest BCUT2D eigenvalue weighted by atomic mass is 9.83. The highest BCUT2D eigenvalue weighted by molar-refractivity contribution is 5.35. The van der Waals surface area contributed by atoms with E-state index in [2.05, 4.69) is 25.6 Å². The van der Waals surface area contributed by atoms with E-state index in [1.54, 1.807) is 7.11 Å². The summed E-state index contributed by atoms with van der Waals surface area (Å²) in [5.41, 5.74) is 0. The minimum absolute atomic E-state index is 0.340. The van der Waals surface area contributed by atoms with Crippen molar-refractivity contribution in [3.05, 3.63) is 0 Å². The minimum atomic E-state index is 0.340. The number of hydrogen-bond donors (Lipinski definition) is 2. The van der Waals surface area contributed by atoms with Gasteiger partial charge >= 0.3 is 6.01 Å². The molecule has 0 amide bonds. The molecule has 0 aliphatic heterocycles. The van der Waals surface area contributed by atoms with Crippen LogP contribution in [-0.2, 0) is 0 Å². The molecule has 1 saturated carbocycles. The van der Waals surface area contributed by atoms with Gasteiger partial charge in [0, 0.05) is 13.1 Å². The first-order valence-corrected chi connectivity index (χ1v) is 6.59. The molecular weight excluding hydrogens is 230 g/mol. The van der Waals surface area contributed by atoms with Gasteiger partial charge in [-0.05, 0) is 19.3 Å². The minimum Gasteiger partial charge on any atom is -0.467 e. The quantitative estimate of drug-likeness (QED) is 0.771.